The molecule has 0 aliphatic carbocycles. The number of hydrogen-bond donors (Lipinski definition) is 2. The minimum absolute atomic E-state index is 0.150. The van der Waals surface area contributed by atoms with E-state index in [0.29, 0.717) is 16.5 Å². The van der Waals surface area contributed by atoms with Gasteiger partial charge in [0.1, 0.15) is 0 Å². The molecule has 0 aliphatic heterocycles. The van der Waals surface area contributed by atoms with Crippen LogP contribution in [0.1, 0.15) is 5.69 Å². The molecule has 2 heterocycles. The van der Waals surface area contributed by atoms with E-state index in [1.165, 1.54) is 17.8 Å². The summed E-state index contributed by atoms with van der Waals surface area (Å²) >= 11 is 1.40. The standard InChI is InChI=1S/C14H12N4OS/c1-8-6-13(19)18-14(17-8)20-12-4-5-16-11-7-9(15)2-3-10(11)12/h2-7H,15H2,1H3,(H,17,18,19). The fourth-order valence-corrected chi connectivity index (χ4v) is 2.89. The molecule has 0 fully saturated rings. The Morgan fingerprint density at radius 1 is 1.25 bits per heavy atom. The van der Waals surface area contributed by atoms with Crippen LogP contribution in [0.25, 0.3) is 10.9 Å². The molecule has 0 amide bonds. The van der Waals surface area contributed by atoms with Crippen molar-refractivity contribution in [3.63, 3.8) is 0 Å². The molecule has 0 bridgehead atoms. The summed E-state index contributed by atoms with van der Waals surface area (Å²) in [4.78, 5) is 23.8. The van der Waals surface area contributed by atoms with Gasteiger partial charge in [0, 0.05) is 33.9 Å². The predicted octanol–water partition coefficient (Wildman–Crippen LogP) is 2.36. The number of rotatable bonds is 2. The molecule has 3 N–H and O–H groups in total. The highest BCUT2D eigenvalue weighted by Gasteiger charge is 2.06. The SMILES string of the molecule is Cc1cc(=O)[nH]c(Sc2ccnc3cc(N)ccc23)n1. The summed E-state index contributed by atoms with van der Waals surface area (Å²) in [7, 11) is 0. The van der Waals surface area contributed by atoms with Crippen molar-refractivity contribution >= 4 is 28.4 Å². The number of nitrogens with one attached hydrogen (secondary N) is 1. The normalized spacial score (nSPS) is 10.8. The Labute approximate surface area is 119 Å². The molecule has 0 atom stereocenters. The van der Waals surface area contributed by atoms with Crippen molar-refractivity contribution < 1.29 is 0 Å². The van der Waals surface area contributed by atoms with Crippen molar-refractivity contribution in [3.05, 3.63) is 52.6 Å². The van der Waals surface area contributed by atoms with Gasteiger partial charge in [0.2, 0.25) is 0 Å². The molecule has 20 heavy (non-hydrogen) atoms. The summed E-state index contributed by atoms with van der Waals surface area (Å²) in [5.41, 5.74) is 7.80. The highest BCUT2D eigenvalue weighted by atomic mass is 32.2. The van der Waals surface area contributed by atoms with Crippen LogP contribution in [-0.4, -0.2) is 15.0 Å². The van der Waals surface area contributed by atoms with E-state index in [1.54, 1.807) is 13.1 Å². The number of aryl methyl sites for hydroxylation is 1. The van der Waals surface area contributed by atoms with E-state index in [9.17, 15) is 4.79 Å². The van der Waals surface area contributed by atoms with Gasteiger partial charge in [-0.3, -0.25) is 9.78 Å². The molecule has 0 saturated heterocycles. The first-order valence-corrected chi connectivity index (χ1v) is 6.83. The minimum atomic E-state index is -0.150. The minimum Gasteiger partial charge on any atom is -0.399 e. The maximum Gasteiger partial charge on any atom is 0.251 e. The number of pyridine rings is 1. The molecular formula is C14H12N4OS. The third-order valence-corrected chi connectivity index (χ3v) is 3.74. The van der Waals surface area contributed by atoms with Crippen LogP contribution in [0.2, 0.25) is 0 Å². The molecule has 0 spiro atoms. The summed E-state index contributed by atoms with van der Waals surface area (Å²) in [5, 5.41) is 1.55. The van der Waals surface area contributed by atoms with Crippen LogP contribution in [0.5, 0.6) is 0 Å². The molecule has 0 saturated carbocycles. The molecule has 0 unspecified atom stereocenters. The van der Waals surface area contributed by atoms with E-state index in [0.717, 1.165) is 15.8 Å². The third kappa shape index (κ3) is 2.50. The van der Waals surface area contributed by atoms with Crippen LogP contribution < -0.4 is 11.3 Å². The number of nitrogens with two attached hydrogens (primary N) is 1. The van der Waals surface area contributed by atoms with Gasteiger partial charge < -0.3 is 10.7 Å². The van der Waals surface area contributed by atoms with Crippen LogP contribution in [0.3, 0.4) is 0 Å². The summed E-state index contributed by atoms with van der Waals surface area (Å²) < 4.78 is 0. The van der Waals surface area contributed by atoms with Crippen molar-refractivity contribution in [1.29, 1.82) is 0 Å². The largest absolute Gasteiger partial charge is 0.399 e. The predicted molar refractivity (Wildman–Crippen MR) is 79.9 cm³/mol. The van der Waals surface area contributed by atoms with Crippen LogP contribution in [-0.2, 0) is 0 Å². The van der Waals surface area contributed by atoms with Gasteiger partial charge in [0.15, 0.2) is 5.16 Å². The zero-order valence-electron chi connectivity index (χ0n) is 10.8. The number of aromatic nitrogens is 3. The van der Waals surface area contributed by atoms with Crippen LogP contribution in [0.4, 0.5) is 5.69 Å². The Balaban J connectivity index is 2.08. The van der Waals surface area contributed by atoms with E-state index in [1.807, 2.05) is 24.3 Å². The number of benzene rings is 1. The van der Waals surface area contributed by atoms with E-state index in [2.05, 4.69) is 15.0 Å². The fraction of sp³-hybridized carbons (Fsp3) is 0.0714. The van der Waals surface area contributed by atoms with Gasteiger partial charge in [0.05, 0.1) is 5.52 Å². The number of nitrogen functional groups attached to an aromatic ring is 1. The van der Waals surface area contributed by atoms with Gasteiger partial charge in [-0.1, -0.05) is 11.8 Å². The Kier molecular flexibility index (Phi) is 3.15. The third-order valence-electron chi connectivity index (χ3n) is 2.78. The van der Waals surface area contributed by atoms with Crippen molar-refractivity contribution in [2.75, 3.05) is 5.73 Å². The summed E-state index contributed by atoms with van der Waals surface area (Å²) in [6.45, 7) is 1.80. The lowest BCUT2D eigenvalue weighted by Gasteiger charge is -2.06. The Bertz CT molecular complexity index is 844. The van der Waals surface area contributed by atoms with Crippen LogP contribution in [0, 0.1) is 6.92 Å². The number of hydrogen-bond acceptors (Lipinski definition) is 5. The Morgan fingerprint density at radius 3 is 2.90 bits per heavy atom. The first kappa shape index (κ1) is 12.7. The number of nitrogens with zero attached hydrogens (tertiary/aromatic N) is 2. The monoisotopic (exact) mass is 284 g/mol. The first-order valence-electron chi connectivity index (χ1n) is 6.02. The zero-order valence-corrected chi connectivity index (χ0v) is 11.6. The number of aromatic amines is 1. The first-order chi connectivity index (χ1) is 9.61. The molecule has 1 aromatic carbocycles. The summed E-state index contributed by atoms with van der Waals surface area (Å²) in [6, 6.07) is 8.95. The van der Waals surface area contributed by atoms with Crippen LogP contribution in [0.15, 0.2) is 51.4 Å². The fourth-order valence-electron chi connectivity index (χ4n) is 1.93. The van der Waals surface area contributed by atoms with E-state index in [4.69, 9.17) is 5.73 Å². The molecule has 100 valence electrons. The lowest BCUT2D eigenvalue weighted by atomic mass is 10.2. The quantitative estimate of drug-likeness (QED) is 0.557. The Morgan fingerprint density at radius 2 is 2.10 bits per heavy atom. The van der Waals surface area contributed by atoms with E-state index < -0.39 is 0 Å². The lowest BCUT2D eigenvalue weighted by Crippen LogP contribution is -2.07. The zero-order chi connectivity index (χ0) is 14.1. The van der Waals surface area contributed by atoms with Gasteiger partial charge >= 0.3 is 0 Å². The molecular weight excluding hydrogens is 272 g/mol. The van der Waals surface area contributed by atoms with Crippen molar-refractivity contribution in [2.24, 2.45) is 0 Å². The van der Waals surface area contributed by atoms with Crippen molar-refractivity contribution in [1.82, 2.24) is 15.0 Å². The van der Waals surface area contributed by atoms with Gasteiger partial charge in [-0.05, 0) is 31.2 Å². The van der Waals surface area contributed by atoms with Crippen molar-refractivity contribution in [2.45, 2.75) is 17.0 Å². The summed E-state index contributed by atoms with van der Waals surface area (Å²) in [6.07, 6.45) is 1.72. The smallest absolute Gasteiger partial charge is 0.251 e. The topological polar surface area (TPSA) is 84.7 Å². The van der Waals surface area contributed by atoms with Gasteiger partial charge in [-0.2, -0.15) is 0 Å². The lowest BCUT2D eigenvalue weighted by molar-refractivity contribution is 0.906. The van der Waals surface area contributed by atoms with Crippen LogP contribution >= 0.6 is 11.8 Å². The molecule has 2 aromatic heterocycles. The molecule has 6 heteroatoms. The highest BCUT2D eigenvalue weighted by Crippen LogP contribution is 2.31. The second-order valence-corrected chi connectivity index (χ2v) is 5.41. The van der Waals surface area contributed by atoms with Gasteiger partial charge in [0.25, 0.3) is 5.56 Å². The van der Waals surface area contributed by atoms with Gasteiger partial charge in [-0.25, -0.2) is 4.98 Å². The maximum absolute atomic E-state index is 11.5. The highest BCUT2D eigenvalue weighted by molar-refractivity contribution is 7.99. The summed E-state index contributed by atoms with van der Waals surface area (Å²) in [5.74, 6) is 0. The second-order valence-electron chi connectivity index (χ2n) is 4.38. The Hall–Kier alpha value is -2.34. The molecule has 0 aliphatic rings. The van der Waals surface area contributed by atoms with Gasteiger partial charge in [-0.15, -0.1) is 0 Å². The molecule has 5 nitrogen and oxygen atoms in total. The molecule has 0 radical (unpaired) electrons. The average molecular weight is 284 g/mol. The number of anilines is 1. The van der Waals surface area contributed by atoms with E-state index in [-0.39, 0.29) is 5.56 Å². The average Bonchev–Trinajstić information content (AvgIpc) is 2.37. The van der Waals surface area contributed by atoms with Crippen molar-refractivity contribution in [3.8, 4) is 0 Å². The second kappa shape index (κ2) is 4.97. The van der Waals surface area contributed by atoms with E-state index >= 15 is 0 Å². The number of fused-ring (bicyclic) bond motifs is 1. The number of H-pyrrole nitrogens is 1. The maximum atomic E-state index is 11.5. The molecule has 3 rings (SSSR count). The molecule has 3 aromatic rings.